The fraction of sp³-hybridized carbons (Fsp3) is 0.462. The number of hydrogen-bond donors (Lipinski definition) is 1. The van der Waals surface area contributed by atoms with Crippen molar-refractivity contribution in [2.24, 2.45) is 0 Å². The van der Waals surface area contributed by atoms with Gasteiger partial charge in [0.15, 0.2) is 0 Å². The van der Waals surface area contributed by atoms with Crippen molar-refractivity contribution in [3.63, 3.8) is 0 Å². The molecule has 2 rings (SSSR count). The topological polar surface area (TPSA) is 40.5 Å². The Morgan fingerprint density at radius 1 is 1.50 bits per heavy atom. The van der Waals surface area contributed by atoms with E-state index < -0.39 is 5.82 Å². The normalized spacial score (nSPS) is 15.3. The van der Waals surface area contributed by atoms with Gasteiger partial charge < -0.3 is 10.0 Å². The van der Waals surface area contributed by atoms with Crippen LogP contribution in [0.25, 0.3) is 0 Å². The summed E-state index contributed by atoms with van der Waals surface area (Å²) in [5, 5.41) is 9.02. The maximum atomic E-state index is 13.7. The number of aliphatic hydroxyl groups excluding tert-OH is 1. The summed E-state index contributed by atoms with van der Waals surface area (Å²) >= 11 is 3.16. The number of nitrogens with zero attached hydrogens (tertiary/aromatic N) is 1. The molecule has 98 valence electrons. The molecule has 1 fully saturated rings. The molecule has 5 heteroatoms. The zero-order valence-corrected chi connectivity index (χ0v) is 11.5. The Labute approximate surface area is 114 Å². The monoisotopic (exact) mass is 315 g/mol. The minimum atomic E-state index is -0.531. The van der Waals surface area contributed by atoms with E-state index >= 15 is 0 Å². The fourth-order valence-corrected chi connectivity index (χ4v) is 2.41. The van der Waals surface area contributed by atoms with Gasteiger partial charge in [-0.25, -0.2) is 4.39 Å². The zero-order chi connectivity index (χ0) is 13.1. The van der Waals surface area contributed by atoms with Crippen molar-refractivity contribution < 1.29 is 14.3 Å². The highest BCUT2D eigenvalue weighted by atomic mass is 79.9. The molecule has 0 unspecified atom stereocenters. The van der Waals surface area contributed by atoms with Gasteiger partial charge in [0.2, 0.25) is 0 Å². The van der Waals surface area contributed by atoms with E-state index in [1.807, 2.05) is 0 Å². The van der Waals surface area contributed by atoms with Crippen molar-refractivity contribution in [2.45, 2.75) is 25.3 Å². The Bertz CT molecular complexity index is 449. The number of aliphatic hydroxyl groups is 1. The molecule has 0 atom stereocenters. The molecule has 1 aliphatic rings. The molecule has 1 N–H and O–H groups in total. The van der Waals surface area contributed by atoms with Crippen LogP contribution in [0, 0.1) is 5.82 Å². The van der Waals surface area contributed by atoms with E-state index in [-0.39, 0.29) is 30.7 Å². The lowest BCUT2D eigenvalue weighted by Crippen LogP contribution is -2.45. The van der Waals surface area contributed by atoms with Gasteiger partial charge in [-0.1, -0.05) is 15.9 Å². The third-order valence-electron chi connectivity index (χ3n) is 3.28. The molecule has 0 radical (unpaired) electrons. The number of carbonyl (C=O) groups excluding carboxylic acids is 1. The van der Waals surface area contributed by atoms with Crippen LogP contribution in [0.3, 0.4) is 0 Å². The SMILES string of the molecule is O=C(c1ccc(Br)cc1F)N(CCO)C1CCC1. The van der Waals surface area contributed by atoms with Gasteiger partial charge in [0, 0.05) is 17.1 Å². The average Bonchev–Trinajstić information content (AvgIpc) is 2.25. The van der Waals surface area contributed by atoms with Crippen molar-refractivity contribution in [3.8, 4) is 0 Å². The van der Waals surface area contributed by atoms with E-state index in [4.69, 9.17) is 5.11 Å². The van der Waals surface area contributed by atoms with E-state index in [9.17, 15) is 9.18 Å². The van der Waals surface area contributed by atoms with Gasteiger partial charge in [-0.3, -0.25) is 4.79 Å². The van der Waals surface area contributed by atoms with Crippen molar-refractivity contribution >= 4 is 21.8 Å². The Morgan fingerprint density at radius 2 is 2.22 bits per heavy atom. The predicted molar refractivity (Wildman–Crippen MR) is 69.9 cm³/mol. The van der Waals surface area contributed by atoms with Gasteiger partial charge in [0.05, 0.1) is 12.2 Å². The summed E-state index contributed by atoms with van der Waals surface area (Å²) in [6.45, 7) is 0.166. The number of halogens is 2. The first-order chi connectivity index (χ1) is 8.63. The highest BCUT2D eigenvalue weighted by molar-refractivity contribution is 9.10. The second-order valence-electron chi connectivity index (χ2n) is 4.43. The number of rotatable bonds is 4. The third kappa shape index (κ3) is 2.72. The van der Waals surface area contributed by atoms with Crippen LogP contribution in [0.1, 0.15) is 29.6 Å². The lowest BCUT2D eigenvalue weighted by molar-refractivity contribution is 0.0521. The molecule has 0 saturated heterocycles. The molecule has 0 aliphatic heterocycles. The van der Waals surface area contributed by atoms with Gasteiger partial charge in [-0.15, -0.1) is 0 Å². The van der Waals surface area contributed by atoms with Gasteiger partial charge in [0.25, 0.3) is 5.91 Å². The molecule has 18 heavy (non-hydrogen) atoms. The Balaban J connectivity index is 2.21. The van der Waals surface area contributed by atoms with Gasteiger partial charge >= 0.3 is 0 Å². The van der Waals surface area contributed by atoms with E-state index in [0.29, 0.717) is 4.47 Å². The van der Waals surface area contributed by atoms with Crippen LogP contribution in [0.4, 0.5) is 4.39 Å². The molecular formula is C13H15BrFNO2. The molecule has 1 aliphatic carbocycles. The molecule has 1 aromatic carbocycles. The lowest BCUT2D eigenvalue weighted by atomic mass is 9.91. The van der Waals surface area contributed by atoms with Gasteiger partial charge in [0.1, 0.15) is 5.82 Å². The summed E-state index contributed by atoms with van der Waals surface area (Å²) in [6.07, 6.45) is 2.95. The number of amides is 1. The predicted octanol–water partition coefficient (Wildman–Crippen LogP) is 2.58. The second-order valence-corrected chi connectivity index (χ2v) is 5.35. The second kappa shape index (κ2) is 5.80. The van der Waals surface area contributed by atoms with E-state index in [0.717, 1.165) is 19.3 Å². The molecular weight excluding hydrogens is 301 g/mol. The largest absolute Gasteiger partial charge is 0.395 e. The summed E-state index contributed by atoms with van der Waals surface area (Å²) in [5.41, 5.74) is 0.0681. The van der Waals surface area contributed by atoms with Crippen LogP contribution in [-0.4, -0.2) is 35.1 Å². The number of hydrogen-bond acceptors (Lipinski definition) is 2. The maximum Gasteiger partial charge on any atom is 0.257 e. The van der Waals surface area contributed by atoms with Crippen molar-refractivity contribution in [1.29, 1.82) is 0 Å². The van der Waals surface area contributed by atoms with Crippen LogP contribution in [0.2, 0.25) is 0 Å². The summed E-state index contributed by atoms with van der Waals surface area (Å²) in [6, 6.07) is 4.55. The van der Waals surface area contributed by atoms with Crippen LogP contribution in [0.15, 0.2) is 22.7 Å². The standard InChI is InChI=1S/C13H15BrFNO2/c14-9-4-5-11(12(15)8-9)13(18)16(6-7-17)10-2-1-3-10/h4-5,8,10,17H,1-3,6-7H2. The number of carbonyl (C=O) groups is 1. The number of benzene rings is 1. The highest BCUT2D eigenvalue weighted by Crippen LogP contribution is 2.27. The van der Waals surface area contributed by atoms with Crippen LogP contribution < -0.4 is 0 Å². The zero-order valence-electron chi connectivity index (χ0n) is 9.90. The quantitative estimate of drug-likeness (QED) is 0.927. The molecule has 0 aromatic heterocycles. The molecule has 1 aromatic rings. The average molecular weight is 316 g/mol. The minimum absolute atomic E-state index is 0.0681. The first kappa shape index (κ1) is 13.5. The smallest absolute Gasteiger partial charge is 0.257 e. The van der Waals surface area contributed by atoms with Crippen molar-refractivity contribution in [3.05, 3.63) is 34.1 Å². The molecule has 0 heterocycles. The van der Waals surface area contributed by atoms with E-state index in [2.05, 4.69) is 15.9 Å². The molecule has 1 amide bonds. The Morgan fingerprint density at radius 3 is 2.72 bits per heavy atom. The summed E-state index contributed by atoms with van der Waals surface area (Å²) in [7, 11) is 0. The first-order valence-electron chi connectivity index (χ1n) is 6.00. The van der Waals surface area contributed by atoms with Crippen molar-refractivity contribution in [1.82, 2.24) is 4.90 Å². The van der Waals surface area contributed by atoms with Gasteiger partial charge in [-0.2, -0.15) is 0 Å². The fourth-order valence-electron chi connectivity index (χ4n) is 2.07. The molecule has 3 nitrogen and oxygen atoms in total. The molecule has 0 spiro atoms. The highest BCUT2D eigenvalue weighted by Gasteiger charge is 2.30. The summed E-state index contributed by atoms with van der Waals surface area (Å²) in [4.78, 5) is 13.8. The maximum absolute atomic E-state index is 13.7. The Kier molecular flexibility index (Phi) is 4.35. The Hall–Kier alpha value is -0.940. The minimum Gasteiger partial charge on any atom is -0.395 e. The molecule has 0 bridgehead atoms. The van der Waals surface area contributed by atoms with E-state index in [1.54, 1.807) is 11.0 Å². The lowest BCUT2D eigenvalue weighted by Gasteiger charge is -2.37. The van der Waals surface area contributed by atoms with Crippen molar-refractivity contribution in [2.75, 3.05) is 13.2 Å². The third-order valence-corrected chi connectivity index (χ3v) is 3.77. The van der Waals surface area contributed by atoms with Crippen LogP contribution >= 0.6 is 15.9 Å². The van der Waals surface area contributed by atoms with Gasteiger partial charge in [-0.05, 0) is 37.5 Å². The van der Waals surface area contributed by atoms with E-state index in [1.165, 1.54) is 12.1 Å². The first-order valence-corrected chi connectivity index (χ1v) is 6.79. The molecule has 1 saturated carbocycles. The summed E-state index contributed by atoms with van der Waals surface area (Å²) < 4.78 is 14.4. The summed E-state index contributed by atoms with van der Waals surface area (Å²) in [5.74, 6) is -0.865. The van der Waals surface area contributed by atoms with Crippen LogP contribution in [-0.2, 0) is 0 Å². The van der Waals surface area contributed by atoms with Crippen LogP contribution in [0.5, 0.6) is 0 Å².